The standard InChI is InChI=1S/C26H22Cl2N2O2/c1-5-29-21-11-23-16(9-14(21)3)25(26-18(13-31)19(27)7-8-20(26)28)17-10-15(4)22(30-6-2)12-24(17)32-23/h5,7-13,29H,1,6H2,2-4H3. The van der Waals surface area contributed by atoms with E-state index in [1.807, 2.05) is 45.0 Å². The number of anilines is 1. The third-order valence-electron chi connectivity index (χ3n) is 5.48. The maximum absolute atomic E-state index is 12.1. The van der Waals surface area contributed by atoms with Crippen LogP contribution in [0.15, 0.2) is 58.6 Å². The lowest BCUT2D eigenvalue weighted by Crippen LogP contribution is -2.09. The minimum Gasteiger partial charge on any atom is -0.456 e. The summed E-state index contributed by atoms with van der Waals surface area (Å²) in [5.74, 6) is 0.645. The predicted octanol–water partition coefficient (Wildman–Crippen LogP) is 7.42. The average molecular weight is 465 g/mol. The third-order valence-corrected chi connectivity index (χ3v) is 6.12. The largest absolute Gasteiger partial charge is 0.456 e. The lowest BCUT2D eigenvalue weighted by Gasteiger charge is -2.20. The lowest BCUT2D eigenvalue weighted by atomic mass is 9.89. The van der Waals surface area contributed by atoms with Crippen molar-refractivity contribution >= 4 is 46.1 Å². The average Bonchev–Trinajstić information content (AvgIpc) is 2.76. The van der Waals surface area contributed by atoms with Gasteiger partial charge >= 0.3 is 0 Å². The number of halogens is 2. The Kier molecular flexibility index (Phi) is 6.09. The summed E-state index contributed by atoms with van der Waals surface area (Å²) >= 11 is 13.1. The Morgan fingerprint density at radius 3 is 2.50 bits per heavy atom. The summed E-state index contributed by atoms with van der Waals surface area (Å²) in [7, 11) is 0. The van der Waals surface area contributed by atoms with Gasteiger partial charge in [-0.3, -0.25) is 9.79 Å². The molecule has 162 valence electrons. The highest BCUT2D eigenvalue weighted by Gasteiger charge is 2.24. The summed E-state index contributed by atoms with van der Waals surface area (Å²) in [5, 5.41) is 5.62. The number of nitrogens with zero attached hydrogens (tertiary/aromatic N) is 1. The molecular weight excluding hydrogens is 443 g/mol. The molecule has 0 fully saturated rings. The number of nitrogens with one attached hydrogen (secondary N) is 1. The summed E-state index contributed by atoms with van der Waals surface area (Å²) in [6, 6.07) is 11.2. The number of hydrogen-bond acceptors (Lipinski definition) is 4. The van der Waals surface area contributed by atoms with Crippen LogP contribution in [0, 0.1) is 13.8 Å². The van der Waals surface area contributed by atoms with Crippen molar-refractivity contribution < 1.29 is 9.21 Å². The molecule has 0 unspecified atom stereocenters. The SMILES string of the molecule is C=CNc1cc2oc3cc(=NCC)c(C)cc-3c(-c3c(Cl)ccc(Cl)c3C=O)c2cc1C. The minimum atomic E-state index is 0.345. The second-order valence-corrected chi connectivity index (χ2v) is 8.35. The molecule has 6 heteroatoms. The van der Waals surface area contributed by atoms with Crippen LogP contribution >= 0.6 is 23.2 Å². The quantitative estimate of drug-likeness (QED) is 0.247. The van der Waals surface area contributed by atoms with Crippen molar-refractivity contribution in [1.29, 1.82) is 0 Å². The fraction of sp³-hybridized carbons (Fsp3) is 0.154. The van der Waals surface area contributed by atoms with Gasteiger partial charge in [0.1, 0.15) is 11.3 Å². The molecule has 0 amide bonds. The van der Waals surface area contributed by atoms with E-state index >= 15 is 0 Å². The van der Waals surface area contributed by atoms with Gasteiger partial charge in [0.25, 0.3) is 0 Å². The van der Waals surface area contributed by atoms with Gasteiger partial charge in [-0.2, -0.15) is 0 Å². The monoisotopic (exact) mass is 464 g/mol. The van der Waals surface area contributed by atoms with Crippen molar-refractivity contribution in [2.45, 2.75) is 20.8 Å². The van der Waals surface area contributed by atoms with Crippen LogP contribution in [0.5, 0.6) is 0 Å². The van der Waals surface area contributed by atoms with E-state index in [1.54, 1.807) is 18.3 Å². The highest BCUT2D eigenvalue weighted by molar-refractivity contribution is 6.38. The van der Waals surface area contributed by atoms with Crippen LogP contribution in [0.25, 0.3) is 33.4 Å². The van der Waals surface area contributed by atoms with Gasteiger partial charge in [-0.1, -0.05) is 29.8 Å². The van der Waals surface area contributed by atoms with Crippen LogP contribution in [0.1, 0.15) is 28.4 Å². The Hall–Kier alpha value is -3.08. The van der Waals surface area contributed by atoms with Crippen LogP contribution in [0.3, 0.4) is 0 Å². The molecule has 0 atom stereocenters. The number of fused-ring (bicyclic) bond motifs is 2. The summed E-state index contributed by atoms with van der Waals surface area (Å²) < 4.78 is 6.34. The summed E-state index contributed by atoms with van der Waals surface area (Å²) in [6.45, 7) is 10.4. The van der Waals surface area contributed by atoms with Gasteiger partial charge in [0.2, 0.25) is 0 Å². The first-order valence-corrected chi connectivity index (χ1v) is 11.0. The molecule has 0 saturated carbocycles. The molecule has 0 aromatic heterocycles. The van der Waals surface area contributed by atoms with Gasteiger partial charge in [0.05, 0.1) is 10.4 Å². The van der Waals surface area contributed by atoms with Crippen LogP contribution < -0.4 is 10.7 Å². The molecule has 2 aliphatic rings. The molecule has 1 heterocycles. The van der Waals surface area contributed by atoms with Gasteiger partial charge in [0, 0.05) is 57.0 Å². The topological polar surface area (TPSA) is 54.6 Å². The second-order valence-electron chi connectivity index (χ2n) is 7.53. The summed E-state index contributed by atoms with van der Waals surface area (Å²) in [5.41, 5.74) is 6.08. The van der Waals surface area contributed by atoms with E-state index < -0.39 is 0 Å². The number of carbonyl (C=O) groups excluding carboxylic acids is 1. The number of aryl methyl sites for hydroxylation is 2. The van der Waals surface area contributed by atoms with Gasteiger partial charge in [-0.15, -0.1) is 0 Å². The van der Waals surface area contributed by atoms with Crippen molar-refractivity contribution in [3.8, 4) is 22.5 Å². The number of hydrogen-bond donors (Lipinski definition) is 1. The van der Waals surface area contributed by atoms with Crippen molar-refractivity contribution in [2.24, 2.45) is 4.99 Å². The Bertz CT molecular complexity index is 1420. The molecule has 2 aromatic rings. The molecule has 1 aliphatic heterocycles. The first-order chi connectivity index (χ1) is 15.4. The number of rotatable bonds is 5. The predicted molar refractivity (Wildman–Crippen MR) is 133 cm³/mol. The Labute approximate surface area is 196 Å². The number of benzene rings is 3. The zero-order valence-electron chi connectivity index (χ0n) is 18.1. The van der Waals surface area contributed by atoms with Crippen LogP contribution in [0.2, 0.25) is 10.0 Å². The van der Waals surface area contributed by atoms with Crippen molar-refractivity contribution in [1.82, 2.24) is 0 Å². The molecule has 4 nitrogen and oxygen atoms in total. The maximum atomic E-state index is 12.1. The van der Waals surface area contributed by atoms with E-state index in [0.717, 1.165) is 45.0 Å². The minimum absolute atomic E-state index is 0.345. The van der Waals surface area contributed by atoms with E-state index in [4.69, 9.17) is 27.6 Å². The lowest BCUT2D eigenvalue weighted by molar-refractivity contribution is 0.112. The van der Waals surface area contributed by atoms with Crippen LogP contribution in [-0.4, -0.2) is 12.8 Å². The third kappa shape index (κ3) is 3.70. The Balaban J connectivity index is 2.26. The van der Waals surface area contributed by atoms with Crippen LogP contribution in [-0.2, 0) is 0 Å². The molecule has 32 heavy (non-hydrogen) atoms. The van der Waals surface area contributed by atoms with Crippen molar-refractivity contribution in [3.05, 3.63) is 81.3 Å². The van der Waals surface area contributed by atoms with Gasteiger partial charge < -0.3 is 9.73 Å². The smallest absolute Gasteiger partial charge is 0.152 e. The first-order valence-electron chi connectivity index (χ1n) is 10.2. The second kappa shape index (κ2) is 8.81. The van der Waals surface area contributed by atoms with E-state index in [1.165, 1.54) is 0 Å². The van der Waals surface area contributed by atoms with Crippen LogP contribution in [0.4, 0.5) is 5.69 Å². The number of aldehydes is 1. The van der Waals surface area contributed by atoms with Crippen molar-refractivity contribution in [2.75, 3.05) is 11.9 Å². The van der Waals surface area contributed by atoms with E-state index in [2.05, 4.69) is 16.9 Å². The highest BCUT2D eigenvalue weighted by atomic mass is 35.5. The van der Waals surface area contributed by atoms with Gasteiger partial charge in [0.15, 0.2) is 6.29 Å². The molecule has 4 rings (SSSR count). The van der Waals surface area contributed by atoms with E-state index in [0.29, 0.717) is 39.1 Å². The number of carbonyl (C=O) groups is 1. The summed E-state index contributed by atoms with van der Waals surface area (Å²) in [4.78, 5) is 16.6. The molecule has 0 saturated heterocycles. The van der Waals surface area contributed by atoms with Gasteiger partial charge in [-0.05, 0) is 62.4 Å². The Morgan fingerprint density at radius 1 is 1.06 bits per heavy atom. The van der Waals surface area contributed by atoms with E-state index in [-0.39, 0.29) is 0 Å². The zero-order chi connectivity index (χ0) is 23.0. The molecule has 1 N–H and O–H groups in total. The molecule has 0 radical (unpaired) electrons. The van der Waals surface area contributed by atoms with E-state index in [9.17, 15) is 4.79 Å². The maximum Gasteiger partial charge on any atom is 0.152 e. The van der Waals surface area contributed by atoms with Crippen molar-refractivity contribution in [3.63, 3.8) is 0 Å². The Morgan fingerprint density at radius 2 is 1.81 bits per heavy atom. The molecular formula is C26H22Cl2N2O2. The normalized spacial score (nSPS) is 11.8. The molecule has 0 bridgehead atoms. The fourth-order valence-electron chi connectivity index (χ4n) is 4.00. The zero-order valence-corrected chi connectivity index (χ0v) is 19.6. The summed E-state index contributed by atoms with van der Waals surface area (Å²) in [6.07, 6.45) is 2.37. The molecule has 0 spiro atoms. The molecule has 1 aliphatic carbocycles. The fourth-order valence-corrected chi connectivity index (χ4v) is 4.46. The molecule has 2 aromatic carbocycles. The van der Waals surface area contributed by atoms with Gasteiger partial charge in [-0.25, -0.2) is 0 Å². The highest BCUT2D eigenvalue weighted by Crippen LogP contribution is 2.46. The first kappa shape index (κ1) is 22.1.